The first-order valence-electron chi connectivity index (χ1n) is 6.26. The minimum Gasteiger partial charge on any atom is -0.330 e. The summed E-state index contributed by atoms with van der Waals surface area (Å²) in [6.07, 6.45) is 0.965. The summed E-state index contributed by atoms with van der Waals surface area (Å²) in [6.45, 7) is 0.515. The predicted octanol–water partition coefficient (Wildman–Crippen LogP) is 2.75. The van der Waals surface area contributed by atoms with Gasteiger partial charge in [0.05, 0.1) is 0 Å². The summed E-state index contributed by atoms with van der Waals surface area (Å²) in [4.78, 5) is 12.3. The van der Waals surface area contributed by atoms with Gasteiger partial charge in [-0.2, -0.15) is 0 Å². The lowest BCUT2D eigenvalue weighted by Crippen LogP contribution is -2.10. The Hall–Kier alpha value is -2.00. The van der Waals surface area contributed by atoms with E-state index in [1.165, 1.54) is 12.1 Å². The number of rotatable bonds is 5. The molecule has 0 aromatic heterocycles. The number of hydrogen-bond donors (Lipinski definition) is 1. The summed E-state index contributed by atoms with van der Waals surface area (Å²) in [7, 11) is 0. The third kappa shape index (κ3) is 3.48. The van der Waals surface area contributed by atoms with Gasteiger partial charge in [0, 0.05) is 12.0 Å². The van der Waals surface area contributed by atoms with Gasteiger partial charge in [0.2, 0.25) is 0 Å². The highest BCUT2D eigenvalue weighted by atomic mass is 19.1. The summed E-state index contributed by atoms with van der Waals surface area (Å²) >= 11 is 0. The number of hydrogen-bond acceptors (Lipinski definition) is 2. The van der Waals surface area contributed by atoms with Crippen molar-refractivity contribution in [2.75, 3.05) is 6.54 Å². The molecule has 0 amide bonds. The van der Waals surface area contributed by atoms with E-state index in [2.05, 4.69) is 0 Å². The fraction of sp³-hybridized carbons (Fsp3) is 0.188. The molecule has 0 bridgehead atoms. The van der Waals surface area contributed by atoms with E-state index in [0.29, 0.717) is 18.5 Å². The van der Waals surface area contributed by atoms with Gasteiger partial charge in [0.1, 0.15) is 5.82 Å². The van der Waals surface area contributed by atoms with Crippen LogP contribution in [0.25, 0.3) is 0 Å². The molecule has 0 atom stereocenters. The first-order chi connectivity index (χ1) is 9.20. The van der Waals surface area contributed by atoms with Gasteiger partial charge < -0.3 is 5.73 Å². The molecular weight excluding hydrogens is 241 g/mol. The molecule has 0 saturated heterocycles. The van der Waals surface area contributed by atoms with Crippen molar-refractivity contribution < 1.29 is 9.18 Å². The molecule has 0 unspecified atom stereocenters. The maximum atomic E-state index is 12.8. The third-order valence-corrected chi connectivity index (χ3v) is 3.01. The van der Waals surface area contributed by atoms with Crippen LogP contribution >= 0.6 is 0 Å². The molecule has 2 aromatic carbocycles. The molecule has 98 valence electrons. The van der Waals surface area contributed by atoms with Crippen LogP contribution in [0.1, 0.15) is 21.5 Å². The van der Waals surface area contributed by atoms with Crippen LogP contribution in [0, 0.1) is 5.82 Å². The minimum absolute atomic E-state index is 0.0376. The summed E-state index contributed by atoms with van der Waals surface area (Å²) < 4.78 is 12.8. The molecule has 2 rings (SSSR count). The van der Waals surface area contributed by atoms with Crippen molar-refractivity contribution in [2.24, 2.45) is 5.73 Å². The third-order valence-electron chi connectivity index (χ3n) is 3.01. The molecule has 0 aliphatic carbocycles. The number of ketones is 1. The molecule has 19 heavy (non-hydrogen) atoms. The Bertz CT molecular complexity index is 563. The van der Waals surface area contributed by atoms with Gasteiger partial charge in [-0.1, -0.05) is 36.4 Å². The Morgan fingerprint density at radius 2 is 1.74 bits per heavy atom. The number of carbonyl (C=O) groups excluding carboxylic acids is 1. The second-order valence-electron chi connectivity index (χ2n) is 4.42. The highest BCUT2D eigenvalue weighted by Gasteiger charge is 2.11. The van der Waals surface area contributed by atoms with E-state index in [-0.39, 0.29) is 18.0 Å². The monoisotopic (exact) mass is 257 g/mol. The minimum atomic E-state index is -0.292. The van der Waals surface area contributed by atoms with Crippen LogP contribution < -0.4 is 5.73 Å². The van der Waals surface area contributed by atoms with E-state index >= 15 is 0 Å². The van der Waals surface area contributed by atoms with Gasteiger partial charge in [-0.25, -0.2) is 4.39 Å². The molecule has 0 saturated carbocycles. The van der Waals surface area contributed by atoms with Crippen LogP contribution in [0.15, 0.2) is 48.5 Å². The maximum absolute atomic E-state index is 12.8. The number of benzene rings is 2. The Balaban J connectivity index is 2.18. The van der Waals surface area contributed by atoms with Crippen LogP contribution in [-0.2, 0) is 12.8 Å². The lowest BCUT2D eigenvalue weighted by atomic mass is 9.97. The first kappa shape index (κ1) is 13.4. The smallest absolute Gasteiger partial charge is 0.167 e. The molecule has 2 aromatic rings. The van der Waals surface area contributed by atoms with E-state index in [0.717, 1.165) is 11.1 Å². The van der Waals surface area contributed by atoms with E-state index in [1.54, 1.807) is 12.1 Å². The molecule has 0 radical (unpaired) electrons. The van der Waals surface area contributed by atoms with Crippen molar-refractivity contribution in [1.29, 1.82) is 0 Å². The van der Waals surface area contributed by atoms with Crippen molar-refractivity contribution in [3.05, 3.63) is 71.0 Å². The maximum Gasteiger partial charge on any atom is 0.167 e. The Morgan fingerprint density at radius 1 is 1.05 bits per heavy atom. The summed E-state index contributed by atoms with van der Waals surface area (Å²) in [6, 6.07) is 13.5. The van der Waals surface area contributed by atoms with Crippen LogP contribution in [0.3, 0.4) is 0 Å². The van der Waals surface area contributed by atoms with Crippen molar-refractivity contribution in [1.82, 2.24) is 0 Å². The van der Waals surface area contributed by atoms with Gasteiger partial charge in [-0.05, 0) is 36.2 Å². The van der Waals surface area contributed by atoms with E-state index in [4.69, 9.17) is 5.73 Å². The first-order valence-corrected chi connectivity index (χ1v) is 6.26. The van der Waals surface area contributed by atoms with Crippen LogP contribution in [0.5, 0.6) is 0 Å². The molecule has 2 nitrogen and oxygen atoms in total. The van der Waals surface area contributed by atoms with Crippen LogP contribution in [0.4, 0.5) is 4.39 Å². The van der Waals surface area contributed by atoms with Crippen LogP contribution in [-0.4, -0.2) is 12.3 Å². The zero-order valence-electron chi connectivity index (χ0n) is 10.6. The molecule has 0 spiro atoms. The SMILES string of the molecule is NCCc1ccccc1C(=O)Cc1ccc(F)cc1. The van der Waals surface area contributed by atoms with E-state index < -0.39 is 0 Å². The second-order valence-corrected chi connectivity index (χ2v) is 4.42. The highest BCUT2D eigenvalue weighted by molar-refractivity contribution is 5.98. The summed E-state index contributed by atoms with van der Waals surface area (Å²) in [5.41, 5.74) is 8.04. The van der Waals surface area contributed by atoms with Gasteiger partial charge in [-0.3, -0.25) is 4.79 Å². The predicted molar refractivity (Wildman–Crippen MR) is 73.6 cm³/mol. The Morgan fingerprint density at radius 3 is 2.42 bits per heavy atom. The average molecular weight is 257 g/mol. The van der Waals surface area contributed by atoms with Crippen molar-refractivity contribution in [2.45, 2.75) is 12.8 Å². The molecular formula is C16H16FNO. The fourth-order valence-electron chi connectivity index (χ4n) is 2.05. The lowest BCUT2D eigenvalue weighted by Gasteiger charge is -2.07. The van der Waals surface area contributed by atoms with Crippen molar-refractivity contribution in [3.8, 4) is 0 Å². The standard InChI is InChI=1S/C16H16FNO/c17-14-7-5-12(6-8-14)11-16(19)15-4-2-1-3-13(15)9-10-18/h1-8H,9-11,18H2. The second kappa shape index (κ2) is 6.25. The molecule has 2 N–H and O–H groups in total. The van der Waals surface area contributed by atoms with Gasteiger partial charge in [-0.15, -0.1) is 0 Å². The zero-order chi connectivity index (χ0) is 13.7. The zero-order valence-corrected chi connectivity index (χ0v) is 10.6. The van der Waals surface area contributed by atoms with Gasteiger partial charge >= 0.3 is 0 Å². The lowest BCUT2D eigenvalue weighted by molar-refractivity contribution is 0.0992. The number of halogens is 1. The van der Waals surface area contributed by atoms with E-state index in [9.17, 15) is 9.18 Å². The topological polar surface area (TPSA) is 43.1 Å². The quantitative estimate of drug-likeness (QED) is 0.837. The number of Topliss-reactive ketones (excluding diaryl/α,β-unsaturated/α-hetero) is 1. The Labute approximate surface area is 112 Å². The van der Waals surface area contributed by atoms with E-state index in [1.807, 2.05) is 24.3 Å². The van der Waals surface area contributed by atoms with Crippen molar-refractivity contribution >= 4 is 5.78 Å². The number of carbonyl (C=O) groups is 1. The number of nitrogens with two attached hydrogens (primary N) is 1. The fourth-order valence-corrected chi connectivity index (χ4v) is 2.05. The molecule has 0 fully saturated rings. The van der Waals surface area contributed by atoms with Gasteiger partial charge in [0.25, 0.3) is 0 Å². The summed E-state index contributed by atoms with van der Waals surface area (Å²) in [5, 5.41) is 0. The van der Waals surface area contributed by atoms with Crippen LogP contribution in [0.2, 0.25) is 0 Å². The molecule has 3 heteroatoms. The molecule has 0 aliphatic heterocycles. The Kier molecular flexibility index (Phi) is 4.42. The highest BCUT2D eigenvalue weighted by Crippen LogP contribution is 2.13. The van der Waals surface area contributed by atoms with Gasteiger partial charge in [0.15, 0.2) is 5.78 Å². The largest absolute Gasteiger partial charge is 0.330 e. The molecule has 0 heterocycles. The van der Waals surface area contributed by atoms with Crippen molar-refractivity contribution in [3.63, 3.8) is 0 Å². The molecule has 0 aliphatic rings. The normalized spacial score (nSPS) is 10.4. The average Bonchev–Trinajstić information content (AvgIpc) is 2.42. The summed E-state index contributed by atoms with van der Waals surface area (Å²) in [5.74, 6) is -0.254.